The first-order valence-corrected chi connectivity index (χ1v) is 5.84. The van der Waals surface area contributed by atoms with Gasteiger partial charge in [-0.15, -0.1) is 6.58 Å². The first-order chi connectivity index (χ1) is 9.04. The van der Waals surface area contributed by atoms with Crippen molar-refractivity contribution in [2.45, 2.75) is 11.8 Å². The zero-order valence-corrected chi connectivity index (χ0v) is 10.6. The van der Waals surface area contributed by atoms with Gasteiger partial charge in [0.05, 0.1) is 0 Å². The Kier molecular flexibility index (Phi) is 3.21. The van der Waals surface area contributed by atoms with Crippen molar-refractivity contribution >= 4 is 17.8 Å². The Morgan fingerprint density at radius 3 is 2.47 bits per heavy atom. The average Bonchev–Trinajstić information content (AvgIpc) is 2.42. The van der Waals surface area contributed by atoms with Crippen LogP contribution in [0, 0.1) is 0 Å². The molecule has 1 unspecified atom stereocenters. The lowest BCUT2D eigenvalue weighted by atomic mass is 9.74. The fourth-order valence-corrected chi connectivity index (χ4v) is 2.25. The van der Waals surface area contributed by atoms with E-state index in [2.05, 4.69) is 11.9 Å². The van der Waals surface area contributed by atoms with Crippen LogP contribution in [-0.4, -0.2) is 29.8 Å². The third-order valence-corrected chi connectivity index (χ3v) is 3.30. The summed E-state index contributed by atoms with van der Waals surface area (Å²) in [4.78, 5) is 37.1. The lowest BCUT2D eigenvalue weighted by Gasteiger charge is -2.37. The smallest absolute Gasteiger partial charge is 0.276 e. The molecule has 1 saturated heterocycles. The molecule has 1 aromatic rings. The summed E-state index contributed by atoms with van der Waals surface area (Å²) in [6.07, 6.45) is 1.65. The number of nitrogens with one attached hydrogen (secondary N) is 1. The van der Waals surface area contributed by atoms with Crippen LogP contribution >= 0.6 is 0 Å². The molecule has 1 aromatic carbocycles. The minimum atomic E-state index is -1.41. The third kappa shape index (κ3) is 1.83. The Bertz CT molecular complexity index is 553. The van der Waals surface area contributed by atoms with Crippen LogP contribution in [0.4, 0.5) is 4.79 Å². The van der Waals surface area contributed by atoms with E-state index in [9.17, 15) is 14.4 Å². The molecule has 2 rings (SSSR count). The highest BCUT2D eigenvalue weighted by molar-refractivity contribution is 6.22. The molecule has 5 heteroatoms. The van der Waals surface area contributed by atoms with Crippen LogP contribution in [0.2, 0.25) is 0 Å². The number of benzene rings is 1. The summed E-state index contributed by atoms with van der Waals surface area (Å²) in [5.74, 6) is -1.14. The molecule has 0 saturated carbocycles. The van der Waals surface area contributed by atoms with Gasteiger partial charge in [0, 0.05) is 7.05 Å². The van der Waals surface area contributed by atoms with Crippen molar-refractivity contribution in [3.05, 3.63) is 48.6 Å². The second kappa shape index (κ2) is 4.68. The number of amides is 4. The van der Waals surface area contributed by atoms with Gasteiger partial charge in [-0.05, 0) is 12.0 Å². The normalized spacial score (nSPS) is 23.2. The Morgan fingerprint density at radius 2 is 1.89 bits per heavy atom. The van der Waals surface area contributed by atoms with Gasteiger partial charge in [-0.3, -0.25) is 19.8 Å². The zero-order chi connectivity index (χ0) is 14.0. The molecule has 1 aliphatic rings. The van der Waals surface area contributed by atoms with Crippen molar-refractivity contribution in [1.82, 2.24) is 10.2 Å². The molecule has 0 bridgehead atoms. The largest absolute Gasteiger partial charge is 0.330 e. The Labute approximate surface area is 110 Å². The quantitative estimate of drug-likeness (QED) is 0.654. The number of hydrogen-bond acceptors (Lipinski definition) is 3. The van der Waals surface area contributed by atoms with E-state index in [1.807, 2.05) is 0 Å². The maximum atomic E-state index is 12.5. The van der Waals surface area contributed by atoms with Gasteiger partial charge in [-0.25, -0.2) is 4.79 Å². The van der Waals surface area contributed by atoms with E-state index < -0.39 is 23.3 Å². The average molecular weight is 258 g/mol. The first-order valence-electron chi connectivity index (χ1n) is 5.84. The van der Waals surface area contributed by atoms with Crippen LogP contribution in [0.25, 0.3) is 0 Å². The highest BCUT2D eigenvalue weighted by atomic mass is 16.2. The first kappa shape index (κ1) is 13.0. The monoisotopic (exact) mass is 258 g/mol. The number of nitrogens with zero attached hydrogens (tertiary/aromatic N) is 1. The van der Waals surface area contributed by atoms with Crippen molar-refractivity contribution in [2.24, 2.45) is 0 Å². The number of likely N-dealkylation sites (N-methyl/N-ethyl adjacent to an activating group) is 1. The van der Waals surface area contributed by atoms with Gasteiger partial charge in [-0.2, -0.15) is 0 Å². The second-order valence-electron chi connectivity index (χ2n) is 4.39. The number of rotatable bonds is 3. The molecule has 1 fully saturated rings. The molecule has 0 aliphatic carbocycles. The molecule has 0 radical (unpaired) electrons. The fourth-order valence-electron chi connectivity index (χ4n) is 2.25. The topological polar surface area (TPSA) is 66.5 Å². The molecule has 19 heavy (non-hydrogen) atoms. The zero-order valence-electron chi connectivity index (χ0n) is 10.6. The third-order valence-electron chi connectivity index (χ3n) is 3.30. The summed E-state index contributed by atoms with van der Waals surface area (Å²) in [5.41, 5.74) is -0.858. The van der Waals surface area contributed by atoms with Crippen LogP contribution in [0.5, 0.6) is 0 Å². The molecule has 0 spiro atoms. The van der Waals surface area contributed by atoms with E-state index in [1.54, 1.807) is 30.3 Å². The van der Waals surface area contributed by atoms with Crippen LogP contribution in [0.1, 0.15) is 12.0 Å². The summed E-state index contributed by atoms with van der Waals surface area (Å²) >= 11 is 0. The number of barbiturate groups is 1. The summed E-state index contributed by atoms with van der Waals surface area (Å²) in [5, 5.41) is 2.21. The van der Waals surface area contributed by atoms with E-state index in [-0.39, 0.29) is 6.42 Å². The van der Waals surface area contributed by atoms with Gasteiger partial charge in [-0.1, -0.05) is 36.4 Å². The molecule has 1 aliphatic heterocycles. The number of hydrogen-bond donors (Lipinski definition) is 1. The van der Waals surface area contributed by atoms with Gasteiger partial charge in [0.25, 0.3) is 5.91 Å². The maximum absolute atomic E-state index is 12.5. The van der Waals surface area contributed by atoms with E-state index >= 15 is 0 Å². The number of imide groups is 2. The predicted molar refractivity (Wildman–Crippen MR) is 69.2 cm³/mol. The van der Waals surface area contributed by atoms with Crippen LogP contribution < -0.4 is 5.32 Å². The fraction of sp³-hybridized carbons (Fsp3) is 0.214. The minimum Gasteiger partial charge on any atom is -0.276 e. The molecule has 5 nitrogen and oxygen atoms in total. The molecule has 4 amide bonds. The van der Waals surface area contributed by atoms with E-state index in [0.29, 0.717) is 5.56 Å². The van der Waals surface area contributed by atoms with Gasteiger partial charge < -0.3 is 0 Å². The summed E-state index contributed by atoms with van der Waals surface area (Å²) in [6.45, 7) is 3.60. The summed E-state index contributed by atoms with van der Waals surface area (Å²) < 4.78 is 0. The molecule has 98 valence electrons. The van der Waals surface area contributed by atoms with Crippen molar-refractivity contribution < 1.29 is 14.4 Å². The lowest BCUT2D eigenvalue weighted by molar-refractivity contribution is -0.144. The molecular formula is C14H14N2O3. The van der Waals surface area contributed by atoms with Gasteiger partial charge in [0.2, 0.25) is 5.91 Å². The minimum absolute atomic E-state index is 0.138. The van der Waals surface area contributed by atoms with Crippen molar-refractivity contribution in [3.63, 3.8) is 0 Å². The Morgan fingerprint density at radius 1 is 1.26 bits per heavy atom. The van der Waals surface area contributed by atoms with Crippen LogP contribution in [-0.2, 0) is 15.0 Å². The molecule has 1 atom stereocenters. The van der Waals surface area contributed by atoms with Crippen LogP contribution in [0.3, 0.4) is 0 Å². The van der Waals surface area contributed by atoms with E-state index in [0.717, 1.165) is 4.90 Å². The Balaban J connectivity index is 2.61. The van der Waals surface area contributed by atoms with Crippen molar-refractivity contribution in [1.29, 1.82) is 0 Å². The number of allylic oxidation sites excluding steroid dienone is 1. The van der Waals surface area contributed by atoms with Crippen LogP contribution in [0.15, 0.2) is 43.0 Å². The second-order valence-corrected chi connectivity index (χ2v) is 4.39. The lowest BCUT2D eigenvalue weighted by Crippen LogP contribution is -2.64. The Hall–Kier alpha value is -2.43. The number of urea groups is 1. The molecule has 1 heterocycles. The highest BCUT2D eigenvalue weighted by Crippen LogP contribution is 2.33. The van der Waals surface area contributed by atoms with Gasteiger partial charge in [0.1, 0.15) is 0 Å². The molecule has 1 N–H and O–H groups in total. The number of carbonyl (C=O) groups excluding carboxylic acids is 3. The highest BCUT2D eigenvalue weighted by Gasteiger charge is 2.53. The summed E-state index contributed by atoms with van der Waals surface area (Å²) in [7, 11) is 1.35. The van der Waals surface area contributed by atoms with Crippen molar-refractivity contribution in [2.75, 3.05) is 7.05 Å². The molecular weight excluding hydrogens is 244 g/mol. The maximum Gasteiger partial charge on any atom is 0.330 e. The van der Waals surface area contributed by atoms with Gasteiger partial charge in [0.15, 0.2) is 5.41 Å². The summed E-state index contributed by atoms with van der Waals surface area (Å²) in [6, 6.07) is 7.99. The van der Waals surface area contributed by atoms with Gasteiger partial charge >= 0.3 is 6.03 Å². The van der Waals surface area contributed by atoms with E-state index in [4.69, 9.17) is 0 Å². The van der Waals surface area contributed by atoms with Crippen molar-refractivity contribution in [3.8, 4) is 0 Å². The number of carbonyl (C=O) groups is 3. The standard InChI is InChI=1S/C14H14N2O3/c1-3-9-14(10-7-5-4-6-8-10)11(17)15-13(19)16(2)12(14)18/h3-8H,1,9H2,2H3,(H,15,17,19). The molecule has 0 aromatic heterocycles. The SMILES string of the molecule is C=CCC1(c2ccccc2)C(=O)NC(=O)N(C)C1=O. The predicted octanol–water partition coefficient (Wildman–Crippen LogP) is 1.21. The van der Waals surface area contributed by atoms with E-state index in [1.165, 1.54) is 13.1 Å².